The number of likely N-dealkylation sites (N-methyl/N-ethyl adjacent to an activating group) is 1. The molecule has 0 saturated heterocycles. The second-order valence-electron chi connectivity index (χ2n) is 8.27. The van der Waals surface area contributed by atoms with E-state index in [0.717, 1.165) is 33.8 Å². The largest absolute Gasteiger partial charge is 0.343 e. The van der Waals surface area contributed by atoms with Crippen LogP contribution >= 0.6 is 0 Å². The number of carbonyl (C=O) groups excluding carboxylic acids is 2. The van der Waals surface area contributed by atoms with Crippen molar-refractivity contribution in [1.29, 1.82) is 0 Å². The van der Waals surface area contributed by atoms with Crippen molar-refractivity contribution in [2.24, 2.45) is 0 Å². The van der Waals surface area contributed by atoms with E-state index in [1.54, 1.807) is 24.1 Å². The second-order valence-corrected chi connectivity index (χ2v) is 8.27. The molecule has 3 aromatic carbocycles. The lowest BCUT2D eigenvalue weighted by molar-refractivity contribution is -0.129. The van der Waals surface area contributed by atoms with E-state index in [2.05, 4.69) is 10.4 Å². The van der Waals surface area contributed by atoms with Gasteiger partial charge < -0.3 is 10.2 Å². The van der Waals surface area contributed by atoms with Crippen LogP contribution in [0.2, 0.25) is 0 Å². The minimum Gasteiger partial charge on any atom is -0.343 e. The van der Waals surface area contributed by atoms with Gasteiger partial charge in [0.2, 0.25) is 5.91 Å². The van der Waals surface area contributed by atoms with E-state index < -0.39 is 0 Å². The normalized spacial score (nSPS) is 10.7. The maximum atomic E-state index is 12.7. The van der Waals surface area contributed by atoms with Gasteiger partial charge in [0.05, 0.1) is 17.9 Å². The van der Waals surface area contributed by atoms with Gasteiger partial charge in [0.1, 0.15) is 0 Å². The van der Waals surface area contributed by atoms with Crippen LogP contribution < -0.4 is 5.32 Å². The lowest BCUT2D eigenvalue weighted by Gasteiger charge is -2.18. The Labute approximate surface area is 199 Å². The van der Waals surface area contributed by atoms with Crippen molar-refractivity contribution in [1.82, 2.24) is 20.0 Å². The molecule has 1 aromatic heterocycles. The third-order valence-electron chi connectivity index (χ3n) is 5.92. The van der Waals surface area contributed by atoms with E-state index in [1.165, 1.54) is 0 Å². The summed E-state index contributed by atoms with van der Waals surface area (Å²) in [4.78, 5) is 26.9. The number of nitrogens with zero attached hydrogens (tertiary/aromatic N) is 3. The van der Waals surface area contributed by atoms with Crippen molar-refractivity contribution in [3.63, 3.8) is 0 Å². The number of aromatic nitrogens is 2. The molecule has 0 unspecified atom stereocenters. The average Bonchev–Trinajstić information content (AvgIpc) is 3.16. The predicted molar refractivity (Wildman–Crippen MR) is 134 cm³/mol. The molecule has 1 N–H and O–H groups in total. The molecular formula is C28H28N4O2. The summed E-state index contributed by atoms with van der Waals surface area (Å²) in [5, 5.41) is 7.38. The minimum atomic E-state index is -0.273. The highest BCUT2D eigenvalue weighted by molar-refractivity contribution is 5.96. The van der Waals surface area contributed by atoms with Crippen LogP contribution in [0.5, 0.6) is 0 Å². The highest BCUT2D eigenvalue weighted by Gasteiger charge is 2.18. The fourth-order valence-corrected chi connectivity index (χ4v) is 3.89. The van der Waals surface area contributed by atoms with Crippen molar-refractivity contribution in [2.45, 2.75) is 20.4 Å². The van der Waals surface area contributed by atoms with Gasteiger partial charge in [-0.15, -0.1) is 0 Å². The monoisotopic (exact) mass is 452 g/mol. The van der Waals surface area contributed by atoms with Gasteiger partial charge in [-0.25, -0.2) is 4.68 Å². The summed E-state index contributed by atoms with van der Waals surface area (Å²) in [7, 11) is 1.74. The first-order valence-electron chi connectivity index (χ1n) is 11.2. The summed E-state index contributed by atoms with van der Waals surface area (Å²) in [6.07, 6.45) is 0. The first kappa shape index (κ1) is 23.0. The lowest BCUT2D eigenvalue weighted by Crippen LogP contribution is -2.38. The highest BCUT2D eigenvalue weighted by Crippen LogP contribution is 2.20. The molecule has 6 heteroatoms. The zero-order valence-electron chi connectivity index (χ0n) is 19.7. The Hall–Kier alpha value is -4.19. The van der Waals surface area contributed by atoms with Crippen molar-refractivity contribution in [3.05, 3.63) is 107 Å². The molecule has 6 nitrogen and oxygen atoms in total. The molecule has 0 saturated carbocycles. The van der Waals surface area contributed by atoms with Gasteiger partial charge >= 0.3 is 0 Å². The van der Waals surface area contributed by atoms with Gasteiger partial charge in [-0.3, -0.25) is 9.59 Å². The van der Waals surface area contributed by atoms with E-state index in [-0.39, 0.29) is 18.4 Å². The molecule has 1 heterocycles. The average molecular weight is 453 g/mol. The number of amides is 2. The maximum absolute atomic E-state index is 12.7. The topological polar surface area (TPSA) is 67.2 Å². The number of rotatable bonds is 7. The SMILES string of the molecule is Cc1nn(-c2ccccc2)c(C)c1CN(C)C(=O)CNC(=O)c1ccc(-c2ccccc2)cc1. The van der Waals surface area contributed by atoms with Crippen LogP contribution in [0.3, 0.4) is 0 Å². The lowest BCUT2D eigenvalue weighted by atomic mass is 10.0. The number of hydrogen-bond acceptors (Lipinski definition) is 3. The Bertz CT molecular complexity index is 1280. The number of nitrogens with one attached hydrogen (secondary N) is 1. The van der Waals surface area contributed by atoms with E-state index >= 15 is 0 Å². The molecule has 0 fully saturated rings. The van der Waals surface area contributed by atoms with Crippen molar-refractivity contribution >= 4 is 11.8 Å². The van der Waals surface area contributed by atoms with Crippen LogP contribution in [-0.4, -0.2) is 40.1 Å². The molecular weight excluding hydrogens is 424 g/mol. The van der Waals surface area contributed by atoms with E-state index in [0.29, 0.717) is 12.1 Å². The molecule has 0 bridgehead atoms. The summed E-state index contributed by atoms with van der Waals surface area (Å²) in [6.45, 7) is 4.30. The highest BCUT2D eigenvalue weighted by atomic mass is 16.2. The summed E-state index contributed by atoms with van der Waals surface area (Å²) < 4.78 is 1.89. The zero-order valence-corrected chi connectivity index (χ0v) is 19.7. The van der Waals surface area contributed by atoms with Crippen LogP contribution in [-0.2, 0) is 11.3 Å². The number of carbonyl (C=O) groups is 2. The van der Waals surface area contributed by atoms with Crippen LogP contribution in [0.15, 0.2) is 84.9 Å². The number of benzene rings is 3. The zero-order chi connectivity index (χ0) is 24.1. The molecule has 0 aliphatic carbocycles. The van der Waals surface area contributed by atoms with E-state index in [4.69, 9.17) is 0 Å². The molecule has 4 aromatic rings. The van der Waals surface area contributed by atoms with Gasteiger partial charge in [0.15, 0.2) is 0 Å². The van der Waals surface area contributed by atoms with Gasteiger partial charge in [-0.1, -0.05) is 60.7 Å². The fraction of sp³-hybridized carbons (Fsp3) is 0.179. The Morgan fingerprint density at radius 3 is 2.09 bits per heavy atom. The number of aryl methyl sites for hydroxylation is 1. The summed E-state index contributed by atoms with van der Waals surface area (Å²) in [6, 6.07) is 27.3. The number of hydrogen-bond donors (Lipinski definition) is 1. The fourth-order valence-electron chi connectivity index (χ4n) is 3.89. The van der Waals surface area contributed by atoms with Crippen LogP contribution in [0.4, 0.5) is 0 Å². The Morgan fingerprint density at radius 2 is 1.44 bits per heavy atom. The predicted octanol–water partition coefficient (Wildman–Crippen LogP) is 4.54. The van der Waals surface area contributed by atoms with Crippen molar-refractivity contribution in [3.8, 4) is 16.8 Å². The van der Waals surface area contributed by atoms with E-state index in [9.17, 15) is 9.59 Å². The van der Waals surface area contributed by atoms with Gasteiger partial charge in [-0.2, -0.15) is 5.10 Å². The molecule has 4 rings (SSSR count). The van der Waals surface area contributed by atoms with Crippen molar-refractivity contribution in [2.75, 3.05) is 13.6 Å². The third kappa shape index (κ3) is 5.07. The summed E-state index contributed by atoms with van der Waals surface area (Å²) in [5.74, 6) is -0.439. The first-order chi connectivity index (χ1) is 16.4. The van der Waals surface area contributed by atoms with Gasteiger partial charge in [0, 0.05) is 30.4 Å². The Balaban J connectivity index is 1.35. The molecule has 0 aliphatic heterocycles. The standard InChI is InChI=1S/C28H28N4O2/c1-20-26(21(2)32(30-20)25-12-8-5-9-13-25)19-31(3)27(33)18-29-28(34)24-16-14-23(15-17-24)22-10-6-4-7-11-22/h4-17H,18-19H2,1-3H3,(H,29,34). The second kappa shape index (κ2) is 10.2. The van der Waals surface area contributed by atoms with Gasteiger partial charge in [-0.05, 0) is 49.2 Å². The Kier molecular flexibility index (Phi) is 6.87. The molecule has 0 radical (unpaired) electrons. The van der Waals surface area contributed by atoms with Gasteiger partial charge in [0.25, 0.3) is 5.91 Å². The molecule has 0 aliphatic rings. The van der Waals surface area contributed by atoms with Crippen molar-refractivity contribution < 1.29 is 9.59 Å². The third-order valence-corrected chi connectivity index (χ3v) is 5.92. The molecule has 34 heavy (non-hydrogen) atoms. The summed E-state index contributed by atoms with van der Waals surface area (Å²) >= 11 is 0. The minimum absolute atomic E-state index is 0.0688. The Morgan fingerprint density at radius 1 is 0.853 bits per heavy atom. The smallest absolute Gasteiger partial charge is 0.251 e. The number of para-hydroxylation sites is 1. The van der Waals surface area contributed by atoms with Crippen LogP contribution in [0.25, 0.3) is 16.8 Å². The molecule has 172 valence electrons. The van der Waals surface area contributed by atoms with Crippen LogP contribution in [0, 0.1) is 13.8 Å². The summed E-state index contributed by atoms with van der Waals surface area (Å²) in [5.41, 5.74) is 6.50. The molecule has 0 spiro atoms. The van der Waals surface area contributed by atoms with Crippen LogP contribution in [0.1, 0.15) is 27.3 Å². The maximum Gasteiger partial charge on any atom is 0.251 e. The van der Waals surface area contributed by atoms with E-state index in [1.807, 2.05) is 91.3 Å². The molecule has 0 atom stereocenters. The quantitative estimate of drug-likeness (QED) is 0.448. The molecule has 2 amide bonds. The first-order valence-corrected chi connectivity index (χ1v) is 11.2.